The number of benzene rings is 1. The highest BCUT2D eigenvalue weighted by Gasteiger charge is 2.30. The lowest BCUT2D eigenvalue weighted by molar-refractivity contribution is -0.137. The Morgan fingerprint density at radius 3 is 2.57 bits per heavy atom. The Kier molecular flexibility index (Phi) is 4.40. The lowest BCUT2D eigenvalue weighted by Crippen LogP contribution is -2.13. The van der Waals surface area contributed by atoms with Crippen LogP contribution in [0, 0.1) is 11.8 Å². The molecular weight excluding hydrogens is 284 g/mol. The molecule has 0 spiro atoms. The van der Waals surface area contributed by atoms with Crippen molar-refractivity contribution in [2.45, 2.75) is 26.4 Å². The van der Waals surface area contributed by atoms with Gasteiger partial charge in [-0.3, -0.25) is 0 Å². The van der Waals surface area contributed by atoms with Gasteiger partial charge < -0.3 is 4.74 Å². The van der Waals surface area contributed by atoms with E-state index in [-0.39, 0.29) is 17.6 Å². The third kappa shape index (κ3) is 4.09. The first-order chi connectivity index (χ1) is 9.75. The molecule has 0 heterocycles. The number of hydrogen-bond donors (Lipinski definition) is 0. The van der Waals surface area contributed by atoms with Crippen LogP contribution in [0.5, 0.6) is 5.75 Å². The van der Waals surface area contributed by atoms with Crippen LogP contribution in [0.3, 0.4) is 0 Å². The van der Waals surface area contributed by atoms with Gasteiger partial charge >= 0.3 is 6.18 Å². The molecule has 2 rings (SSSR count). The predicted octanol–water partition coefficient (Wildman–Crippen LogP) is 5.50. The number of rotatable bonds is 3. The molecule has 0 amide bonds. The van der Waals surface area contributed by atoms with E-state index >= 15 is 0 Å². The van der Waals surface area contributed by atoms with Crippen LogP contribution in [0.25, 0.3) is 0 Å². The van der Waals surface area contributed by atoms with E-state index in [1.54, 1.807) is 0 Å². The van der Waals surface area contributed by atoms with Crippen molar-refractivity contribution in [3.63, 3.8) is 0 Å². The molecule has 1 aliphatic rings. The molecule has 1 nitrogen and oxygen atoms in total. The van der Waals surface area contributed by atoms with E-state index in [9.17, 15) is 17.6 Å². The van der Waals surface area contributed by atoms with Crippen LogP contribution in [-0.2, 0) is 6.18 Å². The largest absolute Gasteiger partial charge is 0.462 e. The van der Waals surface area contributed by atoms with Gasteiger partial charge in [0, 0.05) is 12.5 Å². The first-order valence-corrected chi connectivity index (χ1v) is 6.68. The minimum Gasteiger partial charge on any atom is -0.462 e. The van der Waals surface area contributed by atoms with Crippen molar-refractivity contribution < 1.29 is 22.3 Å². The van der Waals surface area contributed by atoms with Crippen LogP contribution in [0.4, 0.5) is 17.6 Å². The maximum atomic E-state index is 13.5. The summed E-state index contributed by atoms with van der Waals surface area (Å²) in [7, 11) is 0. The minimum absolute atomic E-state index is 0.0178. The predicted molar refractivity (Wildman–Crippen MR) is 72.3 cm³/mol. The van der Waals surface area contributed by atoms with Crippen LogP contribution in [0.1, 0.15) is 25.8 Å². The third-order valence-electron chi connectivity index (χ3n) is 3.38. The molecule has 21 heavy (non-hydrogen) atoms. The number of halogens is 4. The number of alkyl halides is 3. The molecule has 0 aromatic heterocycles. The molecule has 1 aromatic rings. The van der Waals surface area contributed by atoms with Crippen LogP contribution >= 0.6 is 0 Å². The Morgan fingerprint density at radius 1 is 1.24 bits per heavy atom. The fourth-order valence-corrected chi connectivity index (χ4v) is 2.14. The first kappa shape index (κ1) is 15.6. The number of ether oxygens (including phenoxy) is 1. The van der Waals surface area contributed by atoms with E-state index in [1.165, 1.54) is 24.3 Å². The quantitative estimate of drug-likeness (QED) is 0.670. The normalized spacial score (nSPS) is 19.3. The molecule has 114 valence electrons. The Bertz CT molecular complexity index is 570. The van der Waals surface area contributed by atoms with Gasteiger partial charge in [-0.25, -0.2) is 4.39 Å². The van der Waals surface area contributed by atoms with Gasteiger partial charge in [-0.1, -0.05) is 19.9 Å². The molecule has 0 radical (unpaired) electrons. The molecule has 0 saturated heterocycles. The van der Waals surface area contributed by atoms with Crippen molar-refractivity contribution in [1.29, 1.82) is 0 Å². The Labute approximate surface area is 120 Å². The fourth-order valence-electron chi connectivity index (χ4n) is 2.14. The second-order valence-electron chi connectivity index (χ2n) is 5.40. The maximum Gasteiger partial charge on any atom is 0.416 e. The van der Waals surface area contributed by atoms with Crippen molar-refractivity contribution in [2.75, 3.05) is 0 Å². The van der Waals surface area contributed by atoms with Gasteiger partial charge in [-0.05, 0) is 36.1 Å². The molecule has 5 heteroatoms. The number of allylic oxidation sites excluding steroid dienone is 4. The van der Waals surface area contributed by atoms with E-state index in [0.29, 0.717) is 12.2 Å². The maximum absolute atomic E-state index is 13.5. The summed E-state index contributed by atoms with van der Waals surface area (Å²) in [5.41, 5.74) is -0.784. The van der Waals surface area contributed by atoms with Crippen molar-refractivity contribution >= 4 is 0 Å². The van der Waals surface area contributed by atoms with E-state index in [0.717, 1.165) is 12.1 Å². The van der Waals surface area contributed by atoms with Crippen molar-refractivity contribution in [1.82, 2.24) is 0 Å². The average molecular weight is 300 g/mol. The van der Waals surface area contributed by atoms with E-state index in [2.05, 4.69) is 0 Å². The summed E-state index contributed by atoms with van der Waals surface area (Å²) in [5, 5.41) is 0. The summed E-state index contributed by atoms with van der Waals surface area (Å²) >= 11 is 0. The van der Waals surface area contributed by atoms with Gasteiger partial charge in [-0.2, -0.15) is 13.2 Å². The fraction of sp³-hybridized carbons (Fsp3) is 0.375. The summed E-state index contributed by atoms with van der Waals surface area (Å²) in [4.78, 5) is 0. The van der Waals surface area contributed by atoms with E-state index < -0.39 is 17.6 Å². The highest BCUT2D eigenvalue weighted by atomic mass is 19.4. The van der Waals surface area contributed by atoms with E-state index in [4.69, 9.17) is 4.74 Å². The smallest absolute Gasteiger partial charge is 0.416 e. The zero-order chi connectivity index (χ0) is 15.6. The van der Waals surface area contributed by atoms with Crippen molar-refractivity contribution in [3.8, 4) is 5.75 Å². The highest BCUT2D eigenvalue weighted by Crippen LogP contribution is 2.34. The van der Waals surface area contributed by atoms with E-state index in [1.807, 2.05) is 13.8 Å². The van der Waals surface area contributed by atoms with Gasteiger partial charge in [0.1, 0.15) is 17.3 Å². The van der Waals surface area contributed by atoms with Crippen LogP contribution in [0.15, 0.2) is 48.0 Å². The first-order valence-electron chi connectivity index (χ1n) is 6.68. The van der Waals surface area contributed by atoms with Gasteiger partial charge in [-0.15, -0.1) is 0 Å². The second-order valence-corrected chi connectivity index (χ2v) is 5.40. The minimum atomic E-state index is -4.42. The van der Waals surface area contributed by atoms with Crippen molar-refractivity contribution in [2.24, 2.45) is 11.8 Å². The third-order valence-corrected chi connectivity index (χ3v) is 3.38. The summed E-state index contributed by atoms with van der Waals surface area (Å²) in [6, 6.07) is 4.59. The zero-order valence-corrected chi connectivity index (χ0v) is 11.7. The van der Waals surface area contributed by atoms with Crippen LogP contribution in [-0.4, -0.2) is 0 Å². The highest BCUT2D eigenvalue weighted by molar-refractivity contribution is 5.33. The summed E-state index contributed by atoms with van der Waals surface area (Å²) in [6.07, 6.45) is -1.21. The van der Waals surface area contributed by atoms with Gasteiger partial charge in [0.25, 0.3) is 0 Å². The van der Waals surface area contributed by atoms with Crippen LogP contribution in [0.2, 0.25) is 0 Å². The van der Waals surface area contributed by atoms with Gasteiger partial charge in [0.15, 0.2) is 0 Å². The molecule has 1 aromatic carbocycles. The summed E-state index contributed by atoms with van der Waals surface area (Å²) in [6.45, 7) is 3.92. The number of hydrogen-bond acceptors (Lipinski definition) is 1. The Morgan fingerprint density at radius 2 is 1.95 bits per heavy atom. The molecule has 0 aliphatic heterocycles. The topological polar surface area (TPSA) is 9.23 Å². The van der Waals surface area contributed by atoms with Crippen molar-refractivity contribution in [3.05, 3.63) is 53.6 Å². The molecule has 0 saturated carbocycles. The molecule has 0 N–H and O–H groups in total. The molecule has 1 atom stereocenters. The molecule has 0 bridgehead atoms. The summed E-state index contributed by atoms with van der Waals surface area (Å²) < 4.78 is 56.9. The van der Waals surface area contributed by atoms with Gasteiger partial charge in [0.05, 0.1) is 5.56 Å². The Balaban J connectivity index is 2.17. The molecular formula is C16H16F4O. The van der Waals surface area contributed by atoms with Crippen LogP contribution < -0.4 is 4.74 Å². The monoisotopic (exact) mass is 300 g/mol. The molecule has 1 unspecified atom stereocenters. The standard InChI is InChI=1S/C16H16F4O/c1-10(2)11-6-13(17)9-15(7-11)21-14-5-3-4-12(8-14)16(18,19)20/h3-6,8-11H,7H2,1-2H3. The SMILES string of the molecule is CC(C)C1C=C(F)C=C(Oc2cccc(C(F)(F)F)c2)C1. The Hall–Kier alpha value is -1.78. The second kappa shape index (κ2) is 5.92. The molecule has 1 aliphatic carbocycles. The summed E-state index contributed by atoms with van der Waals surface area (Å²) in [5.74, 6) is 0.198. The van der Waals surface area contributed by atoms with Gasteiger partial charge in [0.2, 0.25) is 0 Å². The zero-order valence-electron chi connectivity index (χ0n) is 11.7. The molecule has 0 fully saturated rings. The lowest BCUT2D eigenvalue weighted by Gasteiger charge is -2.22. The average Bonchev–Trinajstić information content (AvgIpc) is 2.37. The lowest BCUT2D eigenvalue weighted by atomic mass is 9.88.